The molecule has 2 rings (SSSR count). The van der Waals surface area contributed by atoms with Crippen molar-refractivity contribution in [3.8, 4) is 5.75 Å². The molecule has 2 N–H and O–H groups in total. The van der Waals surface area contributed by atoms with Crippen LogP contribution in [0.3, 0.4) is 0 Å². The molecule has 0 saturated carbocycles. The third kappa shape index (κ3) is 4.18. The monoisotopic (exact) mass is 333 g/mol. The van der Waals surface area contributed by atoms with Crippen LogP contribution in [0.1, 0.15) is 11.1 Å². The minimum absolute atomic E-state index is 0.0276. The summed E-state index contributed by atoms with van der Waals surface area (Å²) in [5.74, 6) is 0.174. The van der Waals surface area contributed by atoms with E-state index >= 15 is 0 Å². The Kier molecular flexibility index (Phi) is 5.32. The molecule has 2 aromatic rings. The summed E-state index contributed by atoms with van der Waals surface area (Å²) in [5, 5.41) is 19.1. The van der Waals surface area contributed by atoms with Crippen LogP contribution in [0.15, 0.2) is 58.0 Å². The van der Waals surface area contributed by atoms with Crippen molar-refractivity contribution in [3.05, 3.63) is 64.1 Å². The van der Waals surface area contributed by atoms with Crippen molar-refractivity contribution in [3.63, 3.8) is 0 Å². The lowest BCUT2D eigenvalue weighted by molar-refractivity contribution is 0.266. The first-order valence-corrected chi connectivity index (χ1v) is 7.15. The van der Waals surface area contributed by atoms with E-state index in [2.05, 4.69) is 20.9 Å². The van der Waals surface area contributed by atoms with Gasteiger partial charge in [0.15, 0.2) is 0 Å². The molecule has 0 saturated heterocycles. The number of hydrogen-bond acceptors (Lipinski definition) is 3. The number of nitrogens with zero attached hydrogens (tertiary/aromatic N) is 1. The number of aromatic hydroxyl groups is 1. The first kappa shape index (κ1) is 14.8. The minimum atomic E-state index is -0.212. The Morgan fingerprint density at radius 2 is 1.90 bits per heavy atom. The summed E-state index contributed by atoms with van der Waals surface area (Å²) in [6.45, 7) is -0.0276. The Bertz CT molecular complexity index is 584. The fourth-order valence-electron chi connectivity index (χ4n) is 1.87. The molecule has 4 heteroatoms. The molecule has 0 aliphatic heterocycles. The van der Waals surface area contributed by atoms with Gasteiger partial charge in [-0.25, -0.2) is 0 Å². The van der Waals surface area contributed by atoms with E-state index in [0.717, 1.165) is 10.0 Å². The fraction of sp³-hybridized carbons (Fsp3) is 0.188. The summed E-state index contributed by atoms with van der Waals surface area (Å²) < 4.78 is 0.875. The molecule has 0 spiro atoms. The second kappa shape index (κ2) is 7.22. The zero-order valence-electron chi connectivity index (χ0n) is 10.9. The van der Waals surface area contributed by atoms with Gasteiger partial charge in [0.2, 0.25) is 0 Å². The second-order valence-corrected chi connectivity index (χ2v) is 5.42. The van der Waals surface area contributed by atoms with Crippen molar-refractivity contribution in [2.45, 2.75) is 12.5 Å². The number of phenols is 1. The molecule has 104 valence electrons. The molecule has 0 amide bonds. The summed E-state index contributed by atoms with van der Waals surface area (Å²) in [4.78, 5) is 4.35. The highest BCUT2D eigenvalue weighted by molar-refractivity contribution is 9.10. The van der Waals surface area contributed by atoms with Gasteiger partial charge in [-0.2, -0.15) is 0 Å². The van der Waals surface area contributed by atoms with Crippen LogP contribution in [-0.4, -0.2) is 29.1 Å². The summed E-state index contributed by atoms with van der Waals surface area (Å²) in [7, 11) is 0. The number of rotatable bonds is 5. The summed E-state index contributed by atoms with van der Waals surface area (Å²) in [5.41, 5.74) is 1.76. The quantitative estimate of drug-likeness (QED) is 0.825. The molecule has 1 unspecified atom stereocenters. The van der Waals surface area contributed by atoms with Crippen LogP contribution in [0.25, 0.3) is 0 Å². The lowest BCUT2D eigenvalue weighted by atomic mass is 10.1. The number of phenolic OH excluding ortho intramolecular Hbond substituents is 1. The van der Waals surface area contributed by atoms with Gasteiger partial charge >= 0.3 is 0 Å². The molecule has 0 radical (unpaired) electrons. The van der Waals surface area contributed by atoms with Gasteiger partial charge in [-0.05, 0) is 30.2 Å². The standard InChI is InChI=1S/C16H16BrNO2/c17-14-6-7-16(20)13(9-14)10-18-15(11-19)8-12-4-2-1-3-5-12/h1-7,9-10,15,19-20H,8,11H2. The van der Waals surface area contributed by atoms with Gasteiger partial charge in [0.1, 0.15) is 5.75 Å². The molecule has 0 bridgehead atoms. The number of halogens is 1. The summed E-state index contributed by atoms with van der Waals surface area (Å²) in [6.07, 6.45) is 2.27. The molecule has 3 nitrogen and oxygen atoms in total. The zero-order valence-corrected chi connectivity index (χ0v) is 12.5. The summed E-state index contributed by atoms with van der Waals surface area (Å²) in [6, 6.07) is 14.9. The lowest BCUT2D eigenvalue weighted by Gasteiger charge is -2.09. The van der Waals surface area contributed by atoms with Crippen LogP contribution in [0, 0.1) is 0 Å². The smallest absolute Gasteiger partial charge is 0.124 e. The Labute approximate surface area is 126 Å². The molecular weight excluding hydrogens is 318 g/mol. The van der Waals surface area contributed by atoms with Crippen molar-refractivity contribution in [2.75, 3.05) is 6.61 Å². The second-order valence-electron chi connectivity index (χ2n) is 4.51. The normalized spacial score (nSPS) is 12.7. The molecule has 2 aromatic carbocycles. The highest BCUT2D eigenvalue weighted by Crippen LogP contribution is 2.20. The van der Waals surface area contributed by atoms with Gasteiger partial charge in [0.25, 0.3) is 0 Å². The molecule has 1 atom stereocenters. The van der Waals surface area contributed by atoms with Crippen LogP contribution in [0.5, 0.6) is 5.75 Å². The largest absolute Gasteiger partial charge is 0.507 e. The Hall–Kier alpha value is -1.65. The van der Waals surface area contributed by atoms with Crippen LogP contribution in [0.2, 0.25) is 0 Å². The predicted molar refractivity (Wildman–Crippen MR) is 84.4 cm³/mol. The van der Waals surface area contributed by atoms with Crippen molar-refractivity contribution in [2.24, 2.45) is 4.99 Å². The van der Waals surface area contributed by atoms with Crippen molar-refractivity contribution < 1.29 is 10.2 Å². The number of aliphatic hydroxyl groups excluding tert-OH is 1. The Balaban J connectivity index is 2.09. The number of aliphatic hydroxyl groups is 1. The average molecular weight is 334 g/mol. The van der Waals surface area contributed by atoms with Gasteiger partial charge in [0, 0.05) is 16.3 Å². The third-order valence-corrected chi connectivity index (χ3v) is 3.43. The predicted octanol–water partition coefficient (Wildman–Crippen LogP) is 3.18. The van der Waals surface area contributed by atoms with Crippen LogP contribution in [-0.2, 0) is 6.42 Å². The number of aliphatic imine (C=N–C) groups is 1. The van der Waals surface area contributed by atoms with Gasteiger partial charge < -0.3 is 10.2 Å². The maximum atomic E-state index is 9.74. The van der Waals surface area contributed by atoms with E-state index in [1.165, 1.54) is 0 Å². The molecule has 0 aliphatic carbocycles. The fourth-order valence-corrected chi connectivity index (χ4v) is 2.24. The molecule has 0 aliphatic rings. The first-order chi connectivity index (χ1) is 9.69. The van der Waals surface area contributed by atoms with E-state index in [1.807, 2.05) is 30.3 Å². The van der Waals surface area contributed by atoms with E-state index in [-0.39, 0.29) is 18.4 Å². The van der Waals surface area contributed by atoms with E-state index in [9.17, 15) is 10.2 Å². The van der Waals surface area contributed by atoms with Crippen molar-refractivity contribution >= 4 is 22.1 Å². The van der Waals surface area contributed by atoms with E-state index < -0.39 is 0 Å². The van der Waals surface area contributed by atoms with E-state index in [0.29, 0.717) is 12.0 Å². The van der Waals surface area contributed by atoms with E-state index in [1.54, 1.807) is 24.4 Å². The summed E-state index contributed by atoms with van der Waals surface area (Å²) >= 11 is 3.35. The third-order valence-electron chi connectivity index (χ3n) is 2.94. The van der Waals surface area contributed by atoms with Crippen LogP contribution >= 0.6 is 15.9 Å². The molecule has 0 heterocycles. The Morgan fingerprint density at radius 3 is 2.60 bits per heavy atom. The topological polar surface area (TPSA) is 52.8 Å². The molecule has 0 fully saturated rings. The van der Waals surface area contributed by atoms with Crippen LogP contribution < -0.4 is 0 Å². The first-order valence-electron chi connectivity index (χ1n) is 6.35. The SMILES string of the molecule is OCC(Cc1ccccc1)N=Cc1cc(Br)ccc1O. The van der Waals surface area contributed by atoms with Gasteiger partial charge in [0.05, 0.1) is 12.6 Å². The van der Waals surface area contributed by atoms with Crippen LogP contribution in [0.4, 0.5) is 0 Å². The Morgan fingerprint density at radius 1 is 1.15 bits per heavy atom. The molecular formula is C16H16BrNO2. The molecule has 20 heavy (non-hydrogen) atoms. The van der Waals surface area contributed by atoms with Crippen molar-refractivity contribution in [1.82, 2.24) is 0 Å². The molecule has 0 aromatic heterocycles. The minimum Gasteiger partial charge on any atom is -0.507 e. The highest BCUT2D eigenvalue weighted by atomic mass is 79.9. The van der Waals surface area contributed by atoms with E-state index in [4.69, 9.17) is 0 Å². The highest BCUT2D eigenvalue weighted by Gasteiger charge is 2.06. The number of hydrogen-bond donors (Lipinski definition) is 2. The van der Waals surface area contributed by atoms with Gasteiger partial charge in [-0.15, -0.1) is 0 Å². The van der Waals surface area contributed by atoms with Crippen molar-refractivity contribution in [1.29, 1.82) is 0 Å². The van der Waals surface area contributed by atoms with Gasteiger partial charge in [-0.1, -0.05) is 46.3 Å². The maximum Gasteiger partial charge on any atom is 0.124 e. The maximum absolute atomic E-state index is 9.74. The average Bonchev–Trinajstić information content (AvgIpc) is 2.47. The lowest BCUT2D eigenvalue weighted by Crippen LogP contribution is -2.14. The number of benzene rings is 2. The zero-order chi connectivity index (χ0) is 14.4. The van der Waals surface area contributed by atoms with Gasteiger partial charge in [-0.3, -0.25) is 4.99 Å².